The molecule has 0 aliphatic rings. The third-order valence-corrected chi connectivity index (χ3v) is 4.54. The molecule has 0 unspecified atom stereocenters. The van der Waals surface area contributed by atoms with Gasteiger partial charge in [0, 0.05) is 0 Å². The van der Waals surface area contributed by atoms with Crippen LogP contribution in [0.5, 0.6) is 11.5 Å². The second-order valence-corrected chi connectivity index (χ2v) is 6.39. The van der Waals surface area contributed by atoms with E-state index in [-0.39, 0.29) is 17.5 Å². The van der Waals surface area contributed by atoms with E-state index >= 15 is 0 Å². The number of hydrogen-bond acceptors (Lipinski definition) is 4. The molecule has 0 aliphatic heterocycles. The van der Waals surface area contributed by atoms with E-state index < -0.39 is 11.7 Å². The SMILES string of the molecule is CCc1cc(C(F)(F)F)c(OCc2c(NC(=S)OC)cccc2OC)cc1C. The van der Waals surface area contributed by atoms with Crippen LogP contribution >= 0.6 is 12.2 Å². The van der Waals surface area contributed by atoms with Gasteiger partial charge in [-0.2, -0.15) is 13.2 Å². The molecule has 0 saturated heterocycles. The maximum absolute atomic E-state index is 13.5. The van der Waals surface area contributed by atoms with Gasteiger partial charge in [-0.3, -0.25) is 0 Å². The third kappa shape index (κ3) is 5.07. The summed E-state index contributed by atoms with van der Waals surface area (Å²) < 4.78 is 56.4. The molecule has 2 aromatic rings. The normalized spacial score (nSPS) is 11.1. The molecule has 0 spiro atoms. The van der Waals surface area contributed by atoms with Gasteiger partial charge in [0.05, 0.1) is 31.0 Å². The molecule has 0 aromatic heterocycles. The van der Waals surface area contributed by atoms with Gasteiger partial charge in [-0.15, -0.1) is 0 Å². The molecule has 152 valence electrons. The number of nitrogens with one attached hydrogen (secondary N) is 1. The Balaban J connectivity index is 2.41. The van der Waals surface area contributed by atoms with Crippen LogP contribution in [0.3, 0.4) is 0 Å². The summed E-state index contributed by atoms with van der Waals surface area (Å²) in [5, 5.41) is 2.99. The first-order valence-electron chi connectivity index (χ1n) is 8.55. The average molecular weight is 413 g/mol. The lowest BCUT2D eigenvalue weighted by atomic mass is 10.0. The van der Waals surface area contributed by atoms with Crippen LogP contribution in [0.2, 0.25) is 0 Å². The van der Waals surface area contributed by atoms with Gasteiger partial charge in [0.25, 0.3) is 5.17 Å². The monoisotopic (exact) mass is 413 g/mol. The number of benzene rings is 2. The molecule has 2 aromatic carbocycles. The van der Waals surface area contributed by atoms with E-state index in [9.17, 15) is 13.2 Å². The molecule has 0 saturated carbocycles. The van der Waals surface area contributed by atoms with Crippen molar-refractivity contribution in [2.24, 2.45) is 0 Å². The summed E-state index contributed by atoms with van der Waals surface area (Å²) in [6, 6.07) is 7.69. The van der Waals surface area contributed by atoms with Crippen molar-refractivity contribution in [3.05, 3.63) is 52.6 Å². The molecular weight excluding hydrogens is 391 g/mol. The fourth-order valence-corrected chi connectivity index (χ4v) is 2.89. The van der Waals surface area contributed by atoms with Crippen molar-refractivity contribution in [3.8, 4) is 11.5 Å². The van der Waals surface area contributed by atoms with Gasteiger partial charge in [0.1, 0.15) is 18.1 Å². The van der Waals surface area contributed by atoms with Crippen LogP contribution in [0.4, 0.5) is 18.9 Å². The highest BCUT2D eigenvalue weighted by Gasteiger charge is 2.35. The minimum atomic E-state index is -4.52. The van der Waals surface area contributed by atoms with Gasteiger partial charge in [-0.05, 0) is 61.0 Å². The smallest absolute Gasteiger partial charge is 0.419 e. The van der Waals surface area contributed by atoms with Crippen LogP contribution in [-0.4, -0.2) is 19.4 Å². The number of aryl methyl sites for hydroxylation is 2. The number of thiocarbonyl (C=S) groups is 1. The Hall–Kier alpha value is -2.48. The predicted molar refractivity (Wildman–Crippen MR) is 106 cm³/mol. The second-order valence-electron chi connectivity index (χ2n) is 6.02. The summed E-state index contributed by atoms with van der Waals surface area (Å²) in [6.45, 7) is 3.43. The van der Waals surface area contributed by atoms with Crippen molar-refractivity contribution in [2.75, 3.05) is 19.5 Å². The number of hydrogen-bond donors (Lipinski definition) is 1. The van der Waals surface area contributed by atoms with E-state index in [0.29, 0.717) is 29.0 Å². The maximum Gasteiger partial charge on any atom is 0.419 e. The van der Waals surface area contributed by atoms with Gasteiger partial charge in [0.2, 0.25) is 0 Å². The Labute approximate surface area is 167 Å². The molecule has 0 atom stereocenters. The Bertz CT molecular complexity index is 853. The van der Waals surface area contributed by atoms with Crippen molar-refractivity contribution in [3.63, 3.8) is 0 Å². The first-order valence-corrected chi connectivity index (χ1v) is 8.96. The van der Waals surface area contributed by atoms with E-state index in [0.717, 1.165) is 11.6 Å². The average Bonchev–Trinajstić information content (AvgIpc) is 2.65. The fraction of sp³-hybridized carbons (Fsp3) is 0.350. The summed E-state index contributed by atoms with van der Waals surface area (Å²) in [5.74, 6) is 0.229. The van der Waals surface area contributed by atoms with E-state index in [1.807, 2.05) is 6.92 Å². The highest BCUT2D eigenvalue weighted by Crippen LogP contribution is 2.39. The van der Waals surface area contributed by atoms with Gasteiger partial charge in [-0.1, -0.05) is 13.0 Å². The zero-order valence-corrected chi connectivity index (χ0v) is 16.9. The molecule has 28 heavy (non-hydrogen) atoms. The summed E-state index contributed by atoms with van der Waals surface area (Å²) in [6.07, 6.45) is -4.02. The van der Waals surface area contributed by atoms with E-state index in [2.05, 4.69) is 5.32 Å². The van der Waals surface area contributed by atoms with Crippen molar-refractivity contribution in [2.45, 2.75) is 33.1 Å². The number of anilines is 1. The molecule has 1 N–H and O–H groups in total. The first-order chi connectivity index (χ1) is 13.2. The topological polar surface area (TPSA) is 39.7 Å². The fourth-order valence-electron chi connectivity index (χ4n) is 2.78. The minimum absolute atomic E-state index is 0.119. The Kier molecular flexibility index (Phi) is 7.12. The maximum atomic E-state index is 13.5. The molecule has 0 heterocycles. The zero-order chi connectivity index (χ0) is 20.9. The number of halogens is 3. The lowest BCUT2D eigenvalue weighted by Gasteiger charge is -2.19. The number of rotatable bonds is 6. The number of ether oxygens (including phenoxy) is 3. The van der Waals surface area contributed by atoms with Crippen LogP contribution in [0.25, 0.3) is 0 Å². The third-order valence-electron chi connectivity index (χ3n) is 4.27. The van der Waals surface area contributed by atoms with E-state index in [1.54, 1.807) is 25.1 Å². The van der Waals surface area contributed by atoms with Crippen LogP contribution in [-0.2, 0) is 23.9 Å². The minimum Gasteiger partial charge on any atom is -0.496 e. The van der Waals surface area contributed by atoms with Crippen LogP contribution < -0.4 is 14.8 Å². The molecule has 8 heteroatoms. The standard InChI is InChI=1S/C20H22F3NO3S/c1-5-13-10-15(20(21,22)23)18(9-12(13)2)27-11-14-16(24-19(28)26-4)7-6-8-17(14)25-3/h6-10H,5,11H2,1-4H3,(H,24,28). The van der Waals surface area contributed by atoms with E-state index in [1.165, 1.54) is 20.3 Å². The molecule has 0 bridgehead atoms. The highest BCUT2D eigenvalue weighted by atomic mass is 32.1. The lowest BCUT2D eigenvalue weighted by molar-refractivity contribution is -0.139. The van der Waals surface area contributed by atoms with Crippen molar-refractivity contribution in [1.82, 2.24) is 0 Å². The molecule has 0 radical (unpaired) electrons. The van der Waals surface area contributed by atoms with Crippen LogP contribution in [0.1, 0.15) is 29.2 Å². The number of alkyl halides is 3. The lowest BCUT2D eigenvalue weighted by Crippen LogP contribution is -2.14. The van der Waals surface area contributed by atoms with Crippen molar-refractivity contribution >= 4 is 23.1 Å². The molecule has 0 fully saturated rings. The first kappa shape index (κ1) is 21.8. The molecule has 2 rings (SSSR count). The summed E-state index contributed by atoms with van der Waals surface area (Å²) in [4.78, 5) is 0. The van der Waals surface area contributed by atoms with Crippen molar-refractivity contribution in [1.29, 1.82) is 0 Å². The molecule has 0 amide bonds. The molecule has 0 aliphatic carbocycles. The predicted octanol–water partition coefficient (Wildman–Crippen LogP) is 5.51. The second kappa shape index (κ2) is 9.14. The summed E-state index contributed by atoms with van der Waals surface area (Å²) >= 11 is 5.00. The van der Waals surface area contributed by atoms with Gasteiger partial charge in [-0.25, -0.2) is 0 Å². The number of methoxy groups -OCH3 is 2. The summed E-state index contributed by atoms with van der Waals surface area (Å²) in [5.41, 5.74) is 1.62. The van der Waals surface area contributed by atoms with Gasteiger partial charge in [0.15, 0.2) is 0 Å². The van der Waals surface area contributed by atoms with Crippen LogP contribution in [0, 0.1) is 6.92 Å². The van der Waals surface area contributed by atoms with Crippen LogP contribution in [0.15, 0.2) is 30.3 Å². The Morgan fingerprint density at radius 3 is 2.43 bits per heavy atom. The van der Waals surface area contributed by atoms with Gasteiger partial charge < -0.3 is 19.5 Å². The largest absolute Gasteiger partial charge is 0.496 e. The molecule has 4 nitrogen and oxygen atoms in total. The quantitative estimate of drug-likeness (QED) is 0.633. The highest BCUT2D eigenvalue weighted by molar-refractivity contribution is 7.80. The van der Waals surface area contributed by atoms with Crippen molar-refractivity contribution < 1.29 is 27.4 Å². The zero-order valence-electron chi connectivity index (χ0n) is 16.1. The Morgan fingerprint density at radius 2 is 1.86 bits per heavy atom. The van der Waals surface area contributed by atoms with E-state index in [4.69, 9.17) is 26.4 Å². The Morgan fingerprint density at radius 1 is 1.14 bits per heavy atom. The molecular formula is C20H22F3NO3S. The summed E-state index contributed by atoms with van der Waals surface area (Å²) in [7, 11) is 2.89. The van der Waals surface area contributed by atoms with Gasteiger partial charge >= 0.3 is 6.18 Å².